The quantitative estimate of drug-likeness (QED) is 0.377. The van der Waals surface area contributed by atoms with E-state index in [1.54, 1.807) is 0 Å². The van der Waals surface area contributed by atoms with Gasteiger partial charge in [-0.15, -0.1) is 0 Å². The molecule has 4 heterocycles. The molecule has 0 bridgehead atoms. The Morgan fingerprint density at radius 1 is 1.11 bits per heavy atom. The monoisotopic (exact) mass is 530 g/mol. The largest absolute Gasteiger partial charge is 0.326 e. The SMILES string of the molecule is CC(C)(C)c1noc(N2CCC(n3cc(F)c4c(Cc5ccc(S(C)(=O)=O)cc5F)ncnc43)CC2)n1. The number of halogens is 2. The summed E-state index contributed by atoms with van der Waals surface area (Å²) in [6, 6.07) is 4.20. The zero-order chi connectivity index (χ0) is 26.5. The summed E-state index contributed by atoms with van der Waals surface area (Å²) >= 11 is 0. The molecule has 0 aliphatic carbocycles. The molecule has 0 spiro atoms. The standard InChI is InChI=1S/C25H28F2N6O3S/c1-25(2,3)23-30-24(36-31-23)32-9-7-16(8-10-32)33-13-19(27)21-20(28-14-29-22(21)33)11-15-5-6-17(12-18(15)26)37(4,34)35/h5-6,12-14,16H,7-11H2,1-4H3. The molecule has 3 aromatic heterocycles. The Labute approximate surface area is 213 Å². The summed E-state index contributed by atoms with van der Waals surface area (Å²) in [7, 11) is -3.54. The van der Waals surface area contributed by atoms with Gasteiger partial charge in [0.05, 0.1) is 16.0 Å². The van der Waals surface area contributed by atoms with Crippen LogP contribution >= 0.6 is 0 Å². The lowest BCUT2D eigenvalue weighted by Gasteiger charge is -2.31. The van der Waals surface area contributed by atoms with Gasteiger partial charge in [0.2, 0.25) is 0 Å². The molecule has 37 heavy (non-hydrogen) atoms. The lowest BCUT2D eigenvalue weighted by molar-refractivity contribution is 0.356. The van der Waals surface area contributed by atoms with Gasteiger partial charge in [0.1, 0.15) is 17.8 Å². The summed E-state index contributed by atoms with van der Waals surface area (Å²) < 4.78 is 60.6. The molecule has 0 amide bonds. The number of anilines is 1. The topological polar surface area (TPSA) is 107 Å². The number of piperidine rings is 1. The fourth-order valence-electron chi connectivity index (χ4n) is 4.58. The fraction of sp³-hybridized carbons (Fsp3) is 0.440. The number of hydrogen-bond acceptors (Lipinski definition) is 8. The number of nitrogens with zero attached hydrogens (tertiary/aromatic N) is 6. The molecule has 0 N–H and O–H groups in total. The summed E-state index contributed by atoms with van der Waals surface area (Å²) in [5, 5.41) is 4.33. The van der Waals surface area contributed by atoms with E-state index in [9.17, 15) is 12.8 Å². The molecule has 196 valence electrons. The van der Waals surface area contributed by atoms with Crippen LogP contribution in [0.5, 0.6) is 0 Å². The van der Waals surface area contributed by atoms with E-state index in [1.807, 2.05) is 30.2 Å². The summed E-state index contributed by atoms with van der Waals surface area (Å²) in [4.78, 5) is 15.0. The van der Waals surface area contributed by atoms with Crippen molar-refractivity contribution in [2.75, 3.05) is 24.2 Å². The van der Waals surface area contributed by atoms with E-state index in [0.717, 1.165) is 25.2 Å². The van der Waals surface area contributed by atoms with Gasteiger partial charge in [-0.05, 0) is 30.5 Å². The molecule has 0 unspecified atom stereocenters. The first kappa shape index (κ1) is 25.2. The van der Waals surface area contributed by atoms with Crippen molar-refractivity contribution in [1.29, 1.82) is 0 Å². The molecule has 4 aromatic rings. The molecule has 0 saturated carbocycles. The molecule has 0 atom stereocenters. The van der Waals surface area contributed by atoms with Crippen LogP contribution in [0.15, 0.2) is 40.1 Å². The first-order chi connectivity index (χ1) is 17.4. The minimum absolute atomic E-state index is 0.00153. The zero-order valence-electron chi connectivity index (χ0n) is 21.1. The number of benzene rings is 1. The van der Waals surface area contributed by atoms with Crippen molar-refractivity contribution in [2.45, 2.75) is 56.4 Å². The van der Waals surface area contributed by atoms with Crippen LogP contribution in [0.2, 0.25) is 0 Å². The summed E-state index contributed by atoms with van der Waals surface area (Å²) in [6.45, 7) is 7.39. The summed E-state index contributed by atoms with van der Waals surface area (Å²) in [5.41, 5.74) is 0.798. The highest BCUT2D eigenvalue weighted by Gasteiger charge is 2.29. The van der Waals surface area contributed by atoms with E-state index in [4.69, 9.17) is 4.52 Å². The van der Waals surface area contributed by atoms with Crippen LogP contribution in [-0.4, -0.2) is 52.4 Å². The third-order valence-electron chi connectivity index (χ3n) is 6.67. The Bertz CT molecular complexity index is 1570. The average molecular weight is 531 g/mol. The Morgan fingerprint density at radius 2 is 1.84 bits per heavy atom. The number of rotatable bonds is 5. The summed E-state index contributed by atoms with van der Waals surface area (Å²) in [6.07, 6.45) is 5.23. The highest BCUT2D eigenvalue weighted by molar-refractivity contribution is 7.90. The minimum Gasteiger partial charge on any atom is -0.326 e. The van der Waals surface area contributed by atoms with Crippen molar-refractivity contribution in [3.63, 3.8) is 0 Å². The first-order valence-electron chi connectivity index (χ1n) is 12.0. The van der Waals surface area contributed by atoms with Gasteiger partial charge in [0.15, 0.2) is 21.5 Å². The maximum atomic E-state index is 15.2. The van der Waals surface area contributed by atoms with Crippen LogP contribution in [-0.2, 0) is 21.7 Å². The predicted octanol–water partition coefficient (Wildman–Crippen LogP) is 4.23. The second-order valence-corrected chi connectivity index (χ2v) is 12.5. The van der Waals surface area contributed by atoms with Crippen LogP contribution in [0.25, 0.3) is 11.0 Å². The van der Waals surface area contributed by atoms with Gasteiger partial charge in [-0.25, -0.2) is 27.2 Å². The van der Waals surface area contributed by atoms with Gasteiger partial charge < -0.3 is 14.0 Å². The molecule has 0 radical (unpaired) electrons. The molecule has 1 aromatic carbocycles. The lowest BCUT2D eigenvalue weighted by Crippen LogP contribution is -2.34. The number of hydrogen-bond donors (Lipinski definition) is 0. The maximum Gasteiger partial charge on any atom is 0.324 e. The van der Waals surface area contributed by atoms with E-state index in [0.29, 0.717) is 36.3 Å². The Kier molecular flexibility index (Phi) is 6.25. The van der Waals surface area contributed by atoms with Crippen molar-refractivity contribution in [1.82, 2.24) is 24.7 Å². The normalized spacial score (nSPS) is 15.6. The molecule has 1 saturated heterocycles. The third kappa shape index (κ3) is 4.94. The third-order valence-corrected chi connectivity index (χ3v) is 7.78. The Morgan fingerprint density at radius 3 is 2.46 bits per heavy atom. The van der Waals surface area contributed by atoms with E-state index < -0.39 is 21.5 Å². The lowest BCUT2D eigenvalue weighted by atomic mass is 9.96. The minimum atomic E-state index is -3.54. The zero-order valence-corrected chi connectivity index (χ0v) is 21.9. The van der Waals surface area contributed by atoms with Crippen LogP contribution in [0.3, 0.4) is 0 Å². The predicted molar refractivity (Wildman–Crippen MR) is 133 cm³/mol. The number of sulfone groups is 1. The second-order valence-electron chi connectivity index (χ2n) is 10.5. The van der Waals surface area contributed by atoms with Crippen molar-refractivity contribution < 1.29 is 21.7 Å². The van der Waals surface area contributed by atoms with Gasteiger partial charge in [0.25, 0.3) is 0 Å². The van der Waals surface area contributed by atoms with E-state index in [-0.39, 0.29) is 33.7 Å². The van der Waals surface area contributed by atoms with Crippen LogP contribution < -0.4 is 4.90 Å². The van der Waals surface area contributed by atoms with Crippen LogP contribution in [0.4, 0.5) is 14.8 Å². The molecule has 9 nitrogen and oxygen atoms in total. The molecule has 5 rings (SSSR count). The van der Waals surface area contributed by atoms with E-state index in [2.05, 4.69) is 20.1 Å². The van der Waals surface area contributed by atoms with Crippen LogP contribution in [0.1, 0.15) is 56.7 Å². The Balaban J connectivity index is 1.37. The highest BCUT2D eigenvalue weighted by atomic mass is 32.2. The molecule has 1 aliphatic heterocycles. The fourth-order valence-corrected chi connectivity index (χ4v) is 5.21. The van der Waals surface area contributed by atoms with Crippen molar-refractivity contribution >= 4 is 26.9 Å². The highest BCUT2D eigenvalue weighted by Crippen LogP contribution is 2.32. The average Bonchev–Trinajstić information content (AvgIpc) is 3.46. The summed E-state index contributed by atoms with van der Waals surface area (Å²) in [5.74, 6) is -0.514. The van der Waals surface area contributed by atoms with Gasteiger partial charge in [0, 0.05) is 43.4 Å². The molecule has 12 heteroatoms. The Hall–Kier alpha value is -3.41. The first-order valence-corrected chi connectivity index (χ1v) is 13.9. The van der Waals surface area contributed by atoms with Gasteiger partial charge in [-0.3, -0.25) is 0 Å². The van der Waals surface area contributed by atoms with E-state index >= 15 is 4.39 Å². The van der Waals surface area contributed by atoms with Crippen molar-refractivity contribution in [3.8, 4) is 0 Å². The van der Waals surface area contributed by atoms with E-state index in [1.165, 1.54) is 24.7 Å². The smallest absolute Gasteiger partial charge is 0.324 e. The molecule has 1 fully saturated rings. The van der Waals surface area contributed by atoms with Gasteiger partial charge in [-0.1, -0.05) is 32.0 Å². The molecule has 1 aliphatic rings. The molecular weight excluding hydrogens is 502 g/mol. The number of fused-ring (bicyclic) bond motifs is 1. The second kappa shape index (κ2) is 9.16. The molecular formula is C25H28F2N6O3S. The van der Waals surface area contributed by atoms with Gasteiger partial charge in [-0.2, -0.15) is 4.98 Å². The van der Waals surface area contributed by atoms with Crippen LogP contribution in [0, 0.1) is 11.6 Å². The van der Waals surface area contributed by atoms with Crippen molar-refractivity contribution in [3.05, 3.63) is 59.4 Å². The van der Waals surface area contributed by atoms with Crippen molar-refractivity contribution in [2.24, 2.45) is 0 Å². The number of aromatic nitrogens is 5. The maximum absolute atomic E-state index is 15.2. The van der Waals surface area contributed by atoms with Gasteiger partial charge >= 0.3 is 6.01 Å².